The van der Waals surface area contributed by atoms with Crippen molar-refractivity contribution in [2.75, 3.05) is 27.2 Å². The number of amides is 1. The number of aromatic nitrogens is 3. The van der Waals surface area contributed by atoms with Gasteiger partial charge in [-0.25, -0.2) is 9.48 Å². The summed E-state index contributed by atoms with van der Waals surface area (Å²) in [6.45, 7) is 2.77. The second-order valence-electron chi connectivity index (χ2n) is 7.34. The zero-order valence-corrected chi connectivity index (χ0v) is 17.8. The molecule has 2 heterocycles. The Kier molecular flexibility index (Phi) is 7.64. The molecule has 9 nitrogen and oxygen atoms in total. The summed E-state index contributed by atoms with van der Waals surface area (Å²) >= 11 is 0. The summed E-state index contributed by atoms with van der Waals surface area (Å²) in [6.07, 6.45) is 4.61. The molecule has 1 amide bonds. The number of hydrogen-bond donors (Lipinski definition) is 3. The normalized spacial score (nSPS) is 13.6. The molecular formula is C21H31N7O2. The van der Waals surface area contributed by atoms with E-state index in [0.29, 0.717) is 31.2 Å². The van der Waals surface area contributed by atoms with Gasteiger partial charge in [-0.1, -0.05) is 12.1 Å². The van der Waals surface area contributed by atoms with Gasteiger partial charge in [0.25, 0.3) is 5.91 Å². The molecule has 1 aliphatic heterocycles. The highest BCUT2D eigenvalue weighted by Gasteiger charge is 2.16. The van der Waals surface area contributed by atoms with E-state index >= 15 is 0 Å². The third kappa shape index (κ3) is 5.49. The van der Waals surface area contributed by atoms with Crippen molar-refractivity contribution in [2.24, 2.45) is 4.99 Å². The van der Waals surface area contributed by atoms with Crippen LogP contribution in [-0.2, 0) is 25.9 Å². The third-order valence-electron chi connectivity index (χ3n) is 5.22. The van der Waals surface area contributed by atoms with E-state index in [1.54, 1.807) is 29.4 Å². The molecule has 30 heavy (non-hydrogen) atoms. The molecule has 0 bridgehead atoms. The molecule has 0 saturated heterocycles. The smallest absolute Gasteiger partial charge is 0.345 e. The number of benzene rings is 1. The highest BCUT2D eigenvalue weighted by atomic mass is 16.2. The van der Waals surface area contributed by atoms with Crippen LogP contribution in [0.3, 0.4) is 0 Å². The molecule has 1 aliphatic rings. The van der Waals surface area contributed by atoms with Crippen molar-refractivity contribution in [3.05, 3.63) is 51.7 Å². The summed E-state index contributed by atoms with van der Waals surface area (Å²) in [5.41, 5.74) is 1.75. The third-order valence-corrected chi connectivity index (χ3v) is 5.22. The number of carbonyl (C=O) groups is 1. The Morgan fingerprint density at radius 1 is 1.23 bits per heavy atom. The van der Waals surface area contributed by atoms with E-state index in [9.17, 15) is 9.59 Å². The van der Waals surface area contributed by atoms with Crippen LogP contribution in [0.2, 0.25) is 0 Å². The SMILES string of the molecule is CN=C(NCCCn1nc2n(c1=O)CCCC2)NCCc1cccc(C(=O)NC)c1. The van der Waals surface area contributed by atoms with Gasteiger partial charge in [0.1, 0.15) is 5.82 Å². The second kappa shape index (κ2) is 10.6. The predicted octanol–water partition coefficient (Wildman–Crippen LogP) is 0.539. The van der Waals surface area contributed by atoms with Crippen molar-refractivity contribution in [3.8, 4) is 0 Å². The molecular weight excluding hydrogens is 382 g/mol. The molecule has 9 heteroatoms. The lowest BCUT2D eigenvalue weighted by atomic mass is 10.1. The van der Waals surface area contributed by atoms with Gasteiger partial charge < -0.3 is 16.0 Å². The van der Waals surface area contributed by atoms with Gasteiger partial charge in [0.05, 0.1) is 0 Å². The maximum Gasteiger partial charge on any atom is 0.345 e. The average molecular weight is 414 g/mol. The molecule has 0 spiro atoms. The summed E-state index contributed by atoms with van der Waals surface area (Å²) in [6, 6.07) is 7.60. The van der Waals surface area contributed by atoms with Gasteiger partial charge in [-0.3, -0.25) is 14.4 Å². The monoisotopic (exact) mass is 413 g/mol. The van der Waals surface area contributed by atoms with Crippen LogP contribution in [-0.4, -0.2) is 53.4 Å². The molecule has 162 valence electrons. The average Bonchev–Trinajstić information content (AvgIpc) is 3.10. The van der Waals surface area contributed by atoms with Gasteiger partial charge in [0.2, 0.25) is 0 Å². The van der Waals surface area contributed by atoms with Gasteiger partial charge in [-0.2, -0.15) is 5.10 Å². The van der Waals surface area contributed by atoms with Gasteiger partial charge in [-0.05, 0) is 43.4 Å². The molecule has 0 radical (unpaired) electrons. The second-order valence-corrected chi connectivity index (χ2v) is 7.34. The first-order valence-corrected chi connectivity index (χ1v) is 10.5. The minimum atomic E-state index is -0.0834. The van der Waals surface area contributed by atoms with Crippen molar-refractivity contribution in [1.29, 1.82) is 0 Å². The standard InChI is InChI=1S/C21H31N7O2/c1-22-19(29)17-8-5-7-16(15-17)10-12-25-20(23-2)24-11-6-14-28-21(30)27-13-4-3-9-18(27)26-28/h5,7-8,15H,3-4,6,9-14H2,1-2H3,(H,22,29)(H2,23,24,25). The van der Waals surface area contributed by atoms with E-state index in [0.717, 1.165) is 50.0 Å². The molecule has 0 atom stereocenters. The molecule has 0 aliphatic carbocycles. The van der Waals surface area contributed by atoms with Gasteiger partial charge in [0.15, 0.2) is 5.96 Å². The Bertz CT molecular complexity index is 945. The van der Waals surface area contributed by atoms with Crippen molar-refractivity contribution in [2.45, 2.75) is 45.2 Å². The van der Waals surface area contributed by atoms with E-state index in [4.69, 9.17) is 0 Å². The molecule has 2 aromatic rings. The number of guanidine groups is 1. The Labute approximate surface area is 176 Å². The van der Waals surface area contributed by atoms with Gasteiger partial charge >= 0.3 is 5.69 Å². The Morgan fingerprint density at radius 2 is 2.07 bits per heavy atom. The lowest BCUT2D eigenvalue weighted by Gasteiger charge is -2.12. The van der Waals surface area contributed by atoms with Gasteiger partial charge in [0, 0.05) is 52.3 Å². The zero-order valence-electron chi connectivity index (χ0n) is 17.8. The van der Waals surface area contributed by atoms with Crippen LogP contribution < -0.4 is 21.6 Å². The molecule has 0 saturated carbocycles. The highest BCUT2D eigenvalue weighted by molar-refractivity contribution is 5.94. The quantitative estimate of drug-likeness (QED) is 0.333. The number of nitrogens with one attached hydrogen (secondary N) is 3. The van der Waals surface area contributed by atoms with Crippen molar-refractivity contribution in [3.63, 3.8) is 0 Å². The van der Waals surface area contributed by atoms with E-state index < -0.39 is 0 Å². The maximum atomic E-state index is 12.3. The number of carbonyl (C=O) groups excluding carboxylic acids is 1. The maximum absolute atomic E-state index is 12.3. The van der Waals surface area contributed by atoms with Crippen LogP contribution in [0.1, 0.15) is 41.0 Å². The summed E-state index contributed by atoms with van der Waals surface area (Å²) < 4.78 is 3.38. The summed E-state index contributed by atoms with van der Waals surface area (Å²) in [7, 11) is 3.36. The number of rotatable bonds is 8. The molecule has 1 aromatic carbocycles. The number of fused-ring (bicyclic) bond motifs is 1. The fraction of sp³-hybridized carbons (Fsp3) is 0.524. The molecule has 0 unspecified atom stereocenters. The Morgan fingerprint density at radius 3 is 2.83 bits per heavy atom. The summed E-state index contributed by atoms with van der Waals surface area (Å²) in [5, 5.41) is 13.7. The molecule has 3 rings (SSSR count). The largest absolute Gasteiger partial charge is 0.356 e. The van der Waals surface area contributed by atoms with E-state index in [2.05, 4.69) is 26.0 Å². The minimum Gasteiger partial charge on any atom is -0.356 e. The van der Waals surface area contributed by atoms with Crippen LogP contribution in [0.25, 0.3) is 0 Å². The van der Waals surface area contributed by atoms with Crippen molar-refractivity contribution < 1.29 is 4.79 Å². The van der Waals surface area contributed by atoms with Crippen molar-refractivity contribution >= 4 is 11.9 Å². The fourth-order valence-electron chi connectivity index (χ4n) is 3.59. The highest BCUT2D eigenvalue weighted by Crippen LogP contribution is 2.09. The van der Waals surface area contributed by atoms with Crippen LogP contribution in [0.4, 0.5) is 0 Å². The summed E-state index contributed by atoms with van der Waals surface area (Å²) in [5.74, 6) is 1.55. The fourth-order valence-corrected chi connectivity index (χ4v) is 3.59. The predicted molar refractivity (Wildman–Crippen MR) is 117 cm³/mol. The Hall–Kier alpha value is -3.10. The topological polar surface area (TPSA) is 105 Å². The first-order valence-electron chi connectivity index (χ1n) is 10.5. The van der Waals surface area contributed by atoms with E-state index in [1.165, 1.54) is 0 Å². The number of aryl methyl sites for hydroxylation is 2. The number of hydrogen-bond acceptors (Lipinski definition) is 4. The minimum absolute atomic E-state index is 0.00573. The zero-order chi connectivity index (χ0) is 21.3. The van der Waals surface area contributed by atoms with E-state index in [1.807, 2.05) is 18.2 Å². The van der Waals surface area contributed by atoms with E-state index in [-0.39, 0.29) is 11.6 Å². The number of aliphatic imine (C=N–C) groups is 1. The molecule has 1 aromatic heterocycles. The molecule has 3 N–H and O–H groups in total. The van der Waals surface area contributed by atoms with Crippen LogP contribution >= 0.6 is 0 Å². The molecule has 0 fully saturated rings. The first-order chi connectivity index (χ1) is 14.6. The van der Waals surface area contributed by atoms with Crippen LogP contribution in [0, 0.1) is 0 Å². The van der Waals surface area contributed by atoms with Crippen LogP contribution in [0.15, 0.2) is 34.1 Å². The van der Waals surface area contributed by atoms with Gasteiger partial charge in [-0.15, -0.1) is 0 Å². The van der Waals surface area contributed by atoms with Crippen molar-refractivity contribution in [1.82, 2.24) is 30.3 Å². The lowest BCUT2D eigenvalue weighted by Crippen LogP contribution is -2.39. The lowest BCUT2D eigenvalue weighted by molar-refractivity contribution is 0.0963. The van der Waals surface area contributed by atoms with Crippen LogP contribution in [0.5, 0.6) is 0 Å². The Balaban J connectivity index is 1.40. The number of nitrogens with zero attached hydrogens (tertiary/aromatic N) is 4. The first kappa shape index (κ1) is 21.6. The summed E-state index contributed by atoms with van der Waals surface area (Å²) in [4.78, 5) is 28.3.